The summed E-state index contributed by atoms with van der Waals surface area (Å²) in [5.74, 6) is 0.101. The molecule has 10 atom stereocenters. The molecule has 2 saturated heterocycles. The number of unbranched alkanes of at least 4 members (excludes halogenated alkanes) is 1. The first-order chi connectivity index (χ1) is 65.2. The summed E-state index contributed by atoms with van der Waals surface area (Å²) in [6.07, 6.45) is -13.1. The van der Waals surface area contributed by atoms with Gasteiger partial charge in [-0.15, -0.1) is 0 Å². The number of amides is 3. The van der Waals surface area contributed by atoms with E-state index in [0.717, 1.165) is 0 Å². The maximum Gasteiger partial charge on any atom is 0.335 e. The number of ether oxygens (including phenoxy) is 27. The zero-order chi connectivity index (χ0) is 96.9. The van der Waals surface area contributed by atoms with Gasteiger partial charge in [-0.05, 0) is 67.5 Å². The molecule has 47 heteroatoms. The number of aliphatic hydroxyl groups excluding tert-OH is 6. The van der Waals surface area contributed by atoms with Crippen LogP contribution >= 0.6 is 0 Å². The van der Waals surface area contributed by atoms with Crippen LogP contribution in [0.5, 0.6) is 11.5 Å². The Morgan fingerprint density at radius 1 is 0.381 bits per heavy atom. The van der Waals surface area contributed by atoms with E-state index in [9.17, 15) is 74.1 Å². The van der Waals surface area contributed by atoms with Crippen LogP contribution in [0.3, 0.4) is 0 Å². The van der Waals surface area contributed by atoms with Crippen molar-refractivity contribution in [1.29, 1.82) is 0 Å². The molecular weight excluding hydrogens is 1790 g/mol. The number of carbonyl (C=O) groups is 8. The number of carboxylic acids is 1. The van der Waals surface area contributed by atoms with E-state index in [1.54, 1.807) is 6.07 Å². The first-order valence-corrected chi connectivity index (χ1v) is 45.0. The Morgan fingerprint density at radius 3 is 1.15 bits per heavy atom. The highest BCUT2D eigenvalue weighted by molar-refractivity contribution is 5.99. The molecule has 2 aromatic rings. The van der Waals surface area contributed by atoms with E-state index < -0.39 is 91.1 Å². The minimum absolute atomic E-state index is 0.0278. The Labute approximate surface area is 780 Å². The van der Waals surface area contributed by atoms with Crippen LogP contribution in [0.4, 0.5) is 0 Å². The molecule has 0 spiro atoms. The van der Waals surface area contributed by atoms with E-state index >= 15 is 0 Å². The molecule has 4 rings (SSSR count). The standard InChI is InChI=1S/C87H144N4O43/c1-64(92)128-59-66-10-12-74(132-86-81(102)78(99)73(96)61-130-86)68(57-66)71(94)8-5-16-107-19-22-110-26-29-120-46-48-124-52-54-127-63-77(98)91-70(72(95)9-6-17-108-20-23-111-25-28-113-31-32-114-33-34-115-35-36-116-37-38-117-39-40-118-41-42-119-43-44-122-49-50-125-55-56-131-88)7-3-4-14-89-76(97)62-126-53-51-123-47-45-121-30-27-112-24-21-109-18-15-90-84(104)69-58-67(60-129-65(2)93)11-13-75(69)133-87-82(103)79(100)80(101)83(134-87)85(105)106/h10-13,57-58,70,73,78-83,86-87,96,99-103H,3-9,14-56,59-63,88H2,1-2H3,(H,89,97)(H,90,104)(H,91,98)(H,105,106)/t70-,73+,78-,79-,80-,81+,82+,83-,86-,87+/m0/s1. The van der Waals surface area contributed by atoms with Gasteiger partial charge >= 0.3 is 17.9 Å². The number of carboxylic acid groups (broad SMARTS) is 1. The topological polar surface area (TPSA) is 599 Å². The van der Waals surface area contributed by atoms with Gasteiger partial charge in [0.1, 0.15) is 74.6 Å². The lowest BCUT2D eigenvalue weighted by molar-refractivity contribution is -0.271. The lowest BCUT2D eigenvalue weighted by Crippen LogP contribution is -2.61. The summed E-state index contributed by atoms with van der Waals surface area (Å²) in [6.45, 7) is 15.0. The molecule has 0 saturated carbocycles. The number of hydrogen-bond donors (Lipinski definition) is 11. The fourth-order valence-electron chi connectivity index (χ4n) is 11.7. The molecule has 0 aromatic heterocycles. The molecule has 3 amide bonds. The van der Waals surface area contributed by atoms with Gasteiger partial charge in [-0.3, -0.25) is 33.6 Å². The van der Waals surface area contributed by atoms with Gasteiger partial charge < -0.3 is 184 Å². The van der Waals surface area contributed by atoms with E-state index in [4.69, 9.17) is 134 Å². The Bertz CT molecular complexity index is 3380. The van der Waals surface area contributed by atoms with Crippen LogP contribution in [0.25, 0.3) is 0 Å². The van der Waals surface area contributed by atoms with Crippen molar-refractivity contribution in [1.82, 2.24) is 16.0 Å². The van der Waals surface area contributed by atoms with Crippen LogP contribution in [0, 0.1) is 0 Å². The van der Waals surface area contributed by atoms with Crippen molar-refractivity contribution in [3.63, 3.8) is 0 Å². The number of nitrogens with two attached hydrogens (primary N) is 1. The summed E-state index contributed by atoms with van der Waals surface area (Å²) in [5, 5.41) is 78.8. The Balaban J connectivity index is 1.02. The molecule has 2 aliphatic rings. The van der Waals surface area contributed by atoms with Gasteiger partial charge in [0.25, 0.3) is 5.91 Å². The Morgan fingerprint density at radius 2 is 0.739 bits per heavy atom. The van der Waals surface area contributed by atoms with Gasteiger partial charge in [0, 0.05) is 53.0 Å². The van der Waals surface area contributed by atoms with E-state index in [1.165, 1.54) is 44.2 Å². The lowest BCUT2D eigenvalue weighted by Gasteiger charge is -2.38. The third kappa shape index (κ3) is 59.3. The second kappa shape index (κ2) is 79.8. The number of aliphatic hydroxyl groups is 6. The van der Waals surface area contributed by atoms with Gasteiger partial charge in [0.15, 0.2) is 17.7 Å². The fraction of sp³-hybridized carbons (Fsp3) is 0.770. The highest BCUT2D eigenvalue weighted by Crippen LogP contribution is 2.30. The maximum absolute atomic E-state index is 13.6. The average Bonchev–Trinajstić information content (AvgIpc) is 0.790. The van der Waals surface area contributed by atoms with Crippen LogP contribution in [0.2, 0.25) is 0 Å². The largest absolute Gasteiger partial charge is 0.479 e. The van der Waals surface area contributed by atoms with Gasteiger partial charge in [-0.1, -0.05) is 12.1 Å². The monoisotopic (exact) mass is 1930 g/mol. The van der Waals surface area contributed by atoms with Crippen molar-refractivity contribution in [2.24, 2.45) is 5.90 Å². The van der Waals surface area contributed by atoms with Crippen molar-refractivity contribution in [2.45, 2.75) is 133 Å². The van der Waals surface area contributed by atoms with Crippen LogP contribution in [-0.4, -0.2) is 448 Å². The van der Waals surface area contributed by atoms with E-state index in [-0.39, 0.29) is 218 Å². The molecule has 0 aliphatic carbocycles. The summed E-state index contributed by atoms with van der Waals surface area (Å²) in [7, 11) is 0. The number of nitrogens with one attached hydrogen (secondary N) is 3. The smallest absolute Gasteiger partial charge is 0.335 e. The van der Waals surface area contributed by atoms with Crippen LogP contribution in [0.15, 0.2) is 36.4 Å². The van der Waals surface area contributed by atoms with Crippen molar-refractivity contribution < 1.29 is 207 Å². The Hall–Kier alpha value is -7.04. The minimum Gasteiger partial charge on any atom is -0.479 e. The number of esters is 2. The van der Waals surface area contributed by atoms with Crippen molar-refractivity contribution >= 4 is 47.2 Å². The van der Waals surface area contributed by atoms with Gasteiger partial charge in [-0.25, -0.2) is 10.7 Å². The molecule has 2 fully saturated rings. The zero-order valence-corrected chi connectivity index (χ0v) is 77.0. The first-order valence-electron chi connectivity index (χ1n) is 45.0. The molecular formula is C87H144N4O43. The molecule has 0 bridgehead atoms. The number of carbonyl (C=O) groups excluding carboxylic acids is 7. The molecule has 770 valence electrons. The SMILES string of the molecule is CC(=O)OCc1ccc(O[C@@H]2OC[C@@H](O)[C@H](O)[C@H]2O)c(C(=O)CCCOCCOCCOCCOCCOCC(=O)N[C@@H](CCCCNC(=O)COCCOCCOCCOCCOCCNC(=O)c2cc(COC(C)=O)ccc2O[C@@H]2O[C@H](C(=O)O)[C@@H](O)[C@H](O)[C@H]2O)C(=O)CCCOCCOCCOCCOCCOCCOCCOCCOCCOCCOCCOCCON)c1. The minimum atomic E-state index is -1.96. The number of hydrogen-bond acceptors (Lipinski definition) is 43. The average molecular weight is 1930 g/mol. The Kier molecular flexibility index (Phi) is 71.1. The summed E-state index contributed by atoms with van der Waals surface area (Å²) >= 11 is 0. The second-order valence-electron chi connectivity index (χ2n) is 29.4. The van der Waals surface area contributed by atoms with Gasteiger partial charge in [0.2, 0.25) is 24.4 Å². The third-order valence-corrected chi connectivity index (χ3v) is 18.7. The molecule has 2 heterocycles. The molecule has 2 aliphatic heterocycles. The van der Waals surface area contributed by atoms with Crippen molar-refractivity contribution in [3.05, 3.63) is 58.7 Å². The number of rotatable bonds is 90. The number of aliphatic carboxylic acids is 1. The quantitative estimate of drug-likeness (QED) is 0.0143. The fourth-order valence-corrected chi connectivity index (χ4v) is 11.7. The first kappa shape index (κ1) is 119. The summed E-state index contributed by atoms with van der Waals surface area (Å²) < 4.78 is 148. The van der Waals surface area contributed by atoms with E-state index in [1.807, 2.05) is 0 Å². The van der Waals surface area contributed by atoms with Crippen LogP contribution in [-0.2, 0) is 165 Å². The third-order valence-electron chi connectivity index (χ3n) is 18.7. The van der Waals surface area contributed by atoms with E-state index in [0.29, 0.717) is 195 Å². The van der Waals surface area contributed by atoms with Crippen LogP contribution in [0.1, 0.15) is 90.6 Å². The predicted octanol–water partition coefficient (Wildman–Crippen LogP) is -2.35. The van der Waals surface area contributed by atoms with Crippen molar-refractivity contribution in [3.8, 4) is 11.5 Å². The summed E-state index contributed by atoms with van der Waals surface area (Å²) in [5.41, 5.74) is 0.947. The van der Waals surface area contributed by atoms with Crippen LogP contribution < -0.4 is 31.3 Å². The number of ketones is 2. The normalized spacial score (nSPS) is 18.0. The summed E-state index contributed by atoms with van der Waals surface area (Å²) in [6, 6.07) is 7.86. The van der Waals surface area contributed by atoms with E-state index in [2.05, 4.69) is 20.8 Å². The molecule has 134 heavy (non-hydrogen) atoms. The summed E-state index contributed by atoms with van der Waals surface area (Å²) in [4.78, 5) is 105. The lowest BCUT2D eigenvalue weighted by atomic mass is 9.99. The molecule has 0 radical (unpaired) electrons. The predicted molar refractivity (Wildman–Crippen MR) is 463 cm³/mol. The molecule has 0 unspecified atom stereocenters. The highest BCUT2D eigenvalue weighted by atomic mass is 16.7. The highest BCUT2D eigenvalue weighted by Gasteiger charge is 2.48. The van der Waals surface area contributed by atoms with Gasteiger partial charge in [0.05, 0.1) is 281 Å². The molecule has 2 aromatic carbocycles. The van der Waals surface area contributed by atoms with Gasteiger partial charge in [-0.2, -0.15) is 0 Å². The number of benzene rings is 2. The second-order valence-corrected chi connectivity index (χ2v) is 29.4. The molecule has 12 N–H and O–H groups in total. The molecule has 47 nitrogen and oxygen atoms in total. The zero-order valence-electron chi connectivity index (χ0n) is 77.0. The maximum atomic E-state index is 13.6. The van der Waals surface area contributed by atoms with Crippen molar-refractivity contribution in [2.75, 3.05) is 304 Å². The number of Topliss-reactive ketones (excluding diaryl/α,β-unsaturated/α-hetero) is 2.